The van der Waals surface area contributed by atoms with Crippen molar-refractivity contribution in [1.82, 2.24) is 47.5 Å². The second-order valence-corrected chi connectivity index (χ2v) is 17.2. The Balaban J connectivity index is 2.24. The van der Waals surface area contributed by atoms with Crippen LogP contribution in [0.3, 0.4) is 0 Å². The molecule has 8 atom stereocenters. The number of para-hydroxylation sites is 1. The van der Waals surface area contributed by atoms with Gasteiger partial charge in [0, 0.05) is 30.2 Å². The van der Waals surface area contributed by atoms with Gasteiger partial charge in [0.05, 0.1) is 6.04 Å². The van der Waals surface area contributed by atoms with E-state index in [1.165, 1.54) is 6.92 Å². The first-order chi connectivity index (χ1) is 31.7. The van der Waals surface area contributed by atoms with Crippen LogP contribution in [0.2, 0.25) is 0 Å². The highest BCUT2D eigenvalue weighted by atomic mass is 16.4. The number of aromatic nitrogens is 1. The summed E-state index contributed by atoms with van der Waals surface area (Å²) in [5, 5.41) is 46.7. The van der Waals surface area contributed by atoms with Gasteiger partial charge in [0.15, 0.2) is 11.9 Å². The van der Waals surface area contributed by atoms with Crippen molar-refractivity contribution in [2.45, 2.75) is 141 Å². The number of amides is 6. The largest absolute Gasteiger partial charge is 0.480 e. The lowest BCUT2D eigenvalue weighted by molar-refractivity contribution is -0.142. The number of aromatic amines is 1. The number of guanidine groups is 2. The van der Waals surface area contributed by atoms with Crippen LogP contribution in [-0.4, -0.2) is 125 Å². The first-order valence-corrected chi connectivity index (χ1v) is 22.9. The number of carboxylic acid groups (broad SMARTS) is 1. The van der Waals surface area contributed by atoms with Gasteiger partial charge >= 0.3 is 5.97 Å². The van der Waals surface area contributed by atoms with Crippen molar-refractivity contribution in [2.75, 3.05) is 19.6 Å². The highest BCUT2D eigenvalue weighted by molar-refractivity contribution is 5.97. The Morgan fingerprint density at radius 1 is 0.672 bits per heavy atom. The summed E-state index contributed by atoms with van der Waals surface area (Å²) in [6.45, 7) is 9.37. The molecule has 374 valence electrons. The number of benzene rings is 1. The van der Waals surface area contributed by atoms with Gasteiger partial charge in [-0.25, -0.2) is 4.79 Å². The van der Waals surface area contributed by atoms with Crippen LogP contribution >= 0.6 is 0 Å². The van der Waals surface area contributed by atoms with Gasteiger partial charge in [-0.2, -0.15) is 0 Å². The van der Waals surface area contributed by atoms with E-state index in [0.29, 0.717) is 25.8 Å². The number of carboxylic acids is 1. The summed E-state index contributed by atoms with van der Waals surface area (Å²) in [5.41, 5.74) is 24.5. The van der Waals surface area contributed by atoms with Crippen LogP contribution in [0.15, 0.2) is 30.5 Å². The van der Waals surface area contributed by atoms with Crippen molar-refractivity contribution < 1.29 is 38.7 Å². The summed E-state index contributed by atoms with van der Waals surface area (Å²) < 4.78 is 0. The molecule has 0 radical (unpaired) electrons. The van der Waals surface area contributed by atoms with Crippen LogP contribution in [0.5, 0.6) is 0 Å². The third-order valence-corrected chi connectivity index (χ3v) is 11.1. The number of unbranched alkanes of at least 4 members (excludes halogenated alkanes) is 1. The molecule has 0 spiro atoms. The zero-order valence-corrected chi connectivity index (χ0v) is 39.4. The van der Waals surface area contributed by atoms with E-state index < -0.39 is 83.7 Å². The van der Waals surface area contributed by atoms with Crippen molar-refractivity contribution in [1.29, 1.82) is 10.8 Å². The fraction of sp³-hybridized carbons (Fsp3) is 0.614. The maximum atomic E-state index is 14.0. The number of rotatable bonds is 31. The number of hydrogen-bond acceptors (Lipinski definition) is 11. The fourth-order valence-corrected chi connectivity index (χ4v) is 7.12. The van der Waals surface area contributed by atoms with Crippen LogP contribution < -0.4 is 65.5 Å². The predicted octanol–water partition coefficient (Wildman–Crippen LogP) is -1.20. The van der Waals surface area contributed by atoms with E-state index in [1.54, 1.807) is 13.1 Å². The van der Waals surface area contributed by atoms with Gasteiger partial charge in [0.25, 0.3) is 0 Å². The number of carbonyl (C=O) groups excluding carboxylic acids is 6. The average molecular weight is 942 g/mol. The van der Waals surface area contributed by atoms with Gasteiger partial charge < -0.3 is 75.6 Å². The van der Waals surface area contributed by atoms with E-state index in [4.69, 9.17) is 33.8 Å². The van der Waals surface area contributed by atoms with Gasteiger partial charge in [0.2, 0.25) is 35.4 Å². The zero-order chi connectivity index (χ0) is 50.2. The second kappa shape index (κ2) is 29.2. The van der Waals surface area contributed by atoms with Gasteiger partial charge in [0.1, 0.15) is 36.3 Å². The molecule has 0 saturated heterocycles. The first-order valence-electron chi connectivity index (χ1n) is 22.9. The molecular weight excluding hydrogens is 867 g/mol. The van der Waals surface area contributed by atoms with Crippen LogP contribution in [-0.2, 0) is 40.0 Å². The predicted molar refractivity (Wildman–Crippen MR) is 255 cm³/mol. The Hall–Kier alpha value is -6.49. The van der Waals surface area contributed by atoms with Crippen LogP contribution in [0.4, 0.5) is 0 Å². The Labute approximate surface area is 392 Å². The minimum atomic E-state index is -1.32. The van der Waals surface area contributed by atoms with E-state index in [9.17, 15) is 38.7 Å². The molecule has 0 saturated carbocycles. The van der Waals surface area contributed by atoms with Gasteiger partial charge in [-0.15, -0.1) is 0 Å². The summed E-state index contributed by atoms with van der Waals surface area (Å²) in [4.78, 5) is 97.5. The molecule has 0 aliphatic rings. The summed E-state index contributed by atoms with van der Waals surface area (Å²) in [7, 11) is 0. The van der Waals surface area contributed by atoms with E-state index in [2.05, 4.69) is 47.5 Å². The SMILES string of the molecule is CC[C@H](C)[C@H](NC(=O)[C@@H](N)Cc1c[nH]c2ccccc12)C(=O)N[C@@H](C)C(=O)N[C@@H](CC(C)C)C(=O)N[C@@H](CCCNC(=N)N)C(=O)N[C@@H](CCCCN)C(=O)N[C@@H](CCCNC(=N)N)C(=O)O. The number of nitrogens with one attached hydrogen (secondary N) is 11. The summed E-state index contributed by atoms with van der Waals surface area (Å²) in [6, 6.07) is -0.607. The molecule has 23 nitrogen and oxygen atoms in total. The summed E-state index contributed by atoms with van der Waals surface area (Å²) in [6.07, 6.45) is 4.10. The quantitative estimate of drug-likeness (QED) is 0.0240. The standard InChI is InChI=1S/C44H75N15O8/c1-6-25(4)35(59-37(61)29(46)22-27-23-53-30-14-8-7-13-28(27)30)41(65)54-26(5)36(60)58-34(21-24(2)3)40(64)56-32(16-11-19-51-43(47)48)38(62)55-31(15-9-10-18-45)39(63)57-33(42(66)67)17-12-20-52-44(49)50/h7-8,13-14,23-26,29,31-35,53H,6,9-12,15-22,45-46H2,1-5H3,(H,54,65)(H,55,62)(H,56,64)(H,57,63)(H,58,60)(H,59,61)(H,66,67)(H4,47,48,51)(H4,49,50,52)/t25-,26-,29-,31-,32-,33-,34-,35-/m0/s1. The van der Waals surface area contributed by atoms with Crippen LogP contribution in [0.1, 0.15) is 98.0 Å². The second-order valence-electron chi connectivity index (χ2n) is 17.2. The van der Waals surface area contributed by atoms with Crippen molar-refractivity contribution in [3.63, 3.8) is 0 Å². The number of aliphatic carboxylic acids is 1. The van der Waals surface area contributed by atoms with Gasteiger partial charge in [-0.3, -0.25) is 39.6 Å². The highest BCUT2D eigenvalue weighted by Crippen LogP contribution is 2.19. The minimum absolute atomic E-state index is 0.00113. The lowest BCUT2D eigenvalue weighted by Gasteiger charge is -2.28. The lowest BCUT2D eigenvalue weighted by atomic mass is 9.97. The molecule has 0 aliphatic heterocycles. The summed E-state index contributed by atoms with van der Waals surface area (Å²) in [5.74, 6) is -6.56. The van der Waals surface area contributed by atoms with Crippen molar-refractivity contribution in [3.05, 3.63) is 36.0 Å². The molecule has 0 aliphatic carbocycles. The number of carbonyl (C=O) groups is 7. The smallest absolute Gasteiger partial charge is 0.326 e. The normalized spacial score (nSPS) is 14.7. The van der Waals surface area contributed by atoms with Gasteiger partial charge in [-0.05, 0) is 94.7 Å². The summed E-state index contributed by atoms with van der Waals surface area (Å²) >= 11 is 0. The zero-order valence-electron chi connectivity index (χ0n) is 39.4. The van der Waals surface area contributed by atoms with Crippen molar-refractivity contribution >= 4 is 64.2 Å². The van der Waals surface area contributed by atoms with E-state index in [1.807, 2.05) is 45.0 Å². The maximum Gasteiger partial charge on any atom is 0.326 e. The average Bonchev–Trinajstić information content (AvgIpc) is 3.68. The molecule has 0 unspecified atom stereocenters. The Bertz CT molecular complexity index is 1980. The molecular formula is C44H75N15O8. The molecule has 6 amide bonds. The maximum absolute atomic E-state index is 14.0. The van der Waals surface area contributed by atoms with E-state index in [0.717, 1.165) is 16.5 Å². The monoisotopic (exact) mass is 942 g/mol. The third kappa shape index (κ3) is 20.3. The molecule has 2 aromatic rings. The number of hydrogen-bond donors (Lipinski definition) is 16. The molecule has 67 heavy (non-hydrogen) atoms. The molecule has 1 aromatic carbocycles. The molecule has 1 aromatic heterocycles. The van der Waals surface area contributed by atoms with Crippen molar-refractivity contribution in [3.8, 4) is 0 Å². The molecule has 0 bridgehead atoms. The highest BCUT2D eigenvalue weighted by Gasteiger charge is 2.34. The van der Waals surface area contributed by atoms with Crippen molar-refractivity contribution in [2.24, 2.45) is 34.8 Å². The number of fused-ring (bicyclic) bond motifs is 1. The first kappa shape index (κ1) is 56.6. The Morgan fingerprint density at radius 2 is 1.19 bits per heavy atom. The van der Waals surface area contributed by atoms with Crippen LogP contribution in [0.25, 0.3) is 10.9 Å². The number of H-pyrrole nitrogens is 1. The van der Waals surface area contributed by atoms with E-state index >= 15 is 0 Å². The fourth-order valence-electron chi connectivity index (χ4n) is 7.12. The van der Waals surface area contributed by atoms with Gasteiger partial charge in [-0.1, -0.05) is 52.3 Å². The molecule has 23 heteroatoms. The number of nitrogens with two attached hydrogens (primary N) is 4. The molecule has 1 heterocycles. The topological polar surface area (TPSA) is 404 Å². The molecule has 2 rings (SSSR count). The lowest BCUT2D eigenvalue weighted by Crippen LogP contribution is -2.60. The third-order valence-electron chi connectivity index (χ3n) is 11.1. The Kier molecular flexibility index (Phi) is 24.7. The van der Waals surface area contributed by atoms with E-state index in [-0.39, 0.29) is 81.8 Å². The molecule has 0 fully saturated rings. The Morgan fingerprint density at radius 3 is 1.73 bits per heavy atom. The minimum Gasteiger partial charge on any atom is -0.480 e. The van der Waals surface area contributed by atoms with Crippen LogP contribution in [0, 0.1) is 22.7 Å². The molecule has 20 N–H and O–H groups in total.